The summed E-state index contributed by atoms with van der Waals surface area (Å²) >= 11 is 0. The Kier molecular flexibility index (Phi) is 3.81. The fourth-order valence-corrected chi connectivity index (χ4v) is 6.93. The van der Waals surface area contributed by atoms with Crippen LogP contribution in [-0.2, 0) is 10.3 Å². The first-order valence-electron chi connectivity index (χ1n) is 10.1. The second kappa shape index (κ2) is 5.89. The van der Waals surface area contributed by atoms with Gasteiger partial charge in [0.2, 0.25) is 0 Å². The van der Waals surface area contributed by atoms with Crippen LogP contribution >= 0.6 is 0 Å². The van der Waals surface area contributed by atoms with Crippen molar-refractivity contribution in [2.24, 2.45) is 33.9 Å². The number of alkyl halides is 3. The number of amides is 1. The molecular weight excluding hydrogens is 383 g/mol. The molecule has 1 aromatic carbocycles. The maximum absolute atomic E-state index is 13.6. The number of aliphatic imine (C=N–C) groups is 1. The lowest BCUT2D eigenvalue weighted by atomic mass is 9.43. The molecule has 0 spiro atoms. The number of carbonyl (C=O) groups is 1. The molecule has 1 unspecified atom stereocenters. The van der Waals surface area contributed by atoms with Gasteiger partial charge in [-0.3, -0.25) is 9.69 Å². The number of hydrogen-bond donors (Lipinski definition) is 1. The highest BCUT2D eigenvalue weighted by Crippen LogP contribution is 2.67. The van der Waals surface area contributed by atoms with Gasteiger partial charge in [-0.1, -0.05) is 12.1 Å². The summed E-state index contributed by atoms with van der Waals surface area (Å²) in [5, 5.41) is 0. The van der Waals surface area contributed by atoms with E-state index in [0.29, 0.717) is 23.3 Å². The number of nitrogens with zero attached hydrogens (tertiary/aromatic N) is 2. The van der Waals surface area contributed by atoms with Crippen LogP contribution in [0.5, 0.6) is 5.75 Å². The zero-order valence-corrected chi connectivity index (χ0v) is 16.2. The van der Waals surface area contributed by atoms with E-state index in [2.05, 4.69) is 4.74 Å². The van der Waals surface area contributed by atoms with Crippen molar-refractivity contribution in [2.75, 3.05) is 7.05 Å². The van der Waals surface area contributed by atoms with Gasteiger partial charge in [-0.2, -0.15) is 0 Å². The van der Waals surface area contributed by atoms with Gasteiger partial charge >= 0.3 is 6.36 Å². The number of carbonyl (C=O) groups excluding carboxylic acids is 1. The summed E-state index contributed by atoms with van der Waals surface area (Å²) in [5.41, 5.74) is 5.20. The first-order chi connectivity index (χ1) is 13.6. The van der Waals surface area contributed by atoms with Crippen LogP contribution in [-0.4, -0.2) is 30.2 Å². The fraction of sp³-hybridized carbons (Fsp3) is 0.619. The number of likely N-dealkylation sites (N-methyl/N-ethyl adjacent to an activating group) is 1. The third kappa shape index (κ3) is 2.67. The molecule has 4 bridgehead atoms. The SMILES string of the molecule is CN1C(=O)C(c2ccc(OC(F)(F)F)cc2)(C23CC4CC(CC(C4)C2)C3)N=C1N. The minimum atomic E-state index is -4.76. The average molecular weight is 407 g/mol. The Labute approximate surface area is 167 Å². The third-order valence-corrected chi connectivity index (χ3v) is 7.55. The van der Waals surface area contributed by atoms with Crippen LogP contribution in [0, 0.1) is 23.2 Å². The molecule has 1 atom stereocenters. The number of benzene rings is 1. The van der Waals surface area contributed by atoms with Gasteiger partial charge in [0.15, 0.2) is 11.5 Å². The second-order valence-corrected chi connectivity index (χ2v) is 9.31. The molecule has 0 saturated heterocycles. The Bertz CT molecular complexity index is 845. The highest BCUT2D eigenvalue weighted by molar-refractivity contribution is 6.07. The van der Waals surface area contributed by atoms with E-state index in [-0.39, 0.29) is 23.0 Å². The summed E-state index contributed by atoms with van der Waals surface area (Å²) in [7, 11) is 1.62. The normalized spacial score (nSPS) is 38.5. The molecule has 5 aliphatic rings. The summed E-state index contributed by atoms with van der Waals surface area (Å²) in [4.78, 5) is 19.7. The van der Waals surface area contributed by atoms with Crippen LogP contribution in [0.3, 0.4) is 0 Å². The predicted molar refractivity (Wildman–Crippen MR) is 99.8 cm³/mol. The van der Waals surface area contributed by atoms with Crippen molar-refractivity contribution in [3.05, 3.63) is 29.8 Å². The molecule has 5 nitrogen and oxygen atoms in total. The number of halogens is 3. The molecule has 2 N–H and O–H groups in total. The zero-order chi connectivity index (χ0) is 20.6. The van der Waals surface area contributed by atoms with Crippen molar-refractivity contribution in [3.8, 4) is 5.75 Å². The molecule has 1 aliphatic heterocycles. The molecular formula is C21H24F3N3O2. The van der Waals surface area contributed by atoms with Crippen molar-refractivity contribution >= 4 is 11.9 Å². The first-order valence-corrected chi connectivity index (χ1v) is 10.1. The number of guanidine groups is 1. The third-order valence-electron chi connectivity index (χ3n) is 7.55. The summed E-state index contributed by atoms with van der Waals surface area (Å²) < 4.78 is 41.7. The van der Waals surface area contributed by atoms with E-state index < -0.39 is 11.9 Å². The summed E-state index contributed by atoms with van der Waals surface area (Å²) in [5.74, 6) is 1.43. The molecule has 1 aromatic rings. The molecule has 4 saturated carbocycles. The van der Waals surface area contributed by atoms with Crippen molar-refractivity contribution in [1.29, 1.82) is 0 Å². The van der Waals surface area contributed by atoms with Gasteiger partial charge in [0.25, 0.3) is 5.91 Å². The minimum absolute atomic E-state index is 0.168. The van der Waals surface area contributed by atoms with Crippen LogP contribution < -0.4 is 10.5 Å². The van der Waals surface area contributed by atoms with Crippen molar-refractivity contribution < 1.29 is 22.7 Å². The Morgan fingerprint density at radius 2 is 1.59 bits per heavy atom. The van der Waals surface area contributed by atoms with Crippen LogP contribution in [0.25, 0.3) is 0 Å². The predicted octanol–water partition coefficient (Wildman–Crippen LogP) is 3.78. The molecule has 1 heterocycles. The summed E-state index contributed by atoms with van der Waals surface area (Å²) in [6.45, 7) is 0. The molecule has 156 valence electrons. The fourth-order valence-electron chi connectivity index (χ4n) is 6.93. The van der Waals surface area contributed by atoms with E-state index in [1.165, 1.54) is 36.3 Å². The van der Waals surface area contributed by atoms with Crippen molar-refractivity contribution in [3.63, 3.8) is 0 Å². The van der Waals surface area contributed by atoms with Gasteiger partial charge < -0.3 is 10.5 Å². The standard InChI is InChI=1S/C21H24F3N3O2/c1-27-17(28)20(26-18(27)25,15-2-4-16(5-3-15)29-21(22,23)24)19-9-12-6-13(10-19)8-14(7-12)11-19/h2-5,12-14H,6-11H2,1H3,(H2,25,26). The van der Waals surface area contributed by atoms with Crippen LogP contribution in [0.1, 0.15) is 44.1 Å². The molecule has 0 radical (unpaired) electrons. The maximum atomic E-state index is 13.6. The maximum Gasteiger partial charge on any atom is 0.573 e. The molecule has 4 aliphatic carbocycles. The molecule has 4 fully saturated rings. The Balaban J connectivity index is 1.61. The highest BCUT2D eigenvalue weighted by atomic mass is 19.4. The number of ether oxygens (including phenoxy) is 1. The smallest absolute Gasteiger partial charge is 0.406 e. The Morgan fingerprint density at radius 3 is 2.00 bits per heavy atom. The summed E-state index contributed by atoms with van der Waals surface area (Å²) in [6, 6.07) is 5.63. The van der Waals surface area contributed by atoms with Crippen molar-refractivity contribution in [1.82, 2.24) is 4.90 Å². The first kappa shape index (κ1) is 18.8. The zero-order valence-electron chi connectivity index (χ0n) is 16.2. The number of hydrogen-bond acceptors (Lipinski definition) is 4. The van der Waals surface area contributed by atoms with Gasteiger partial charge in [-0.25, -0.2) is 4.99 Å². The van der Waals surface area contributed by atoms with Crippen LogP contribution in [0.4, 0.5) is 13.2 Å². The quantitative estimate of drug-likeness (QED) is 0.829. The van der Waals surface area contributed by atoms with E-state index in [1.54, 1.807) is 19.2 Å². The topological polar surface area (TPSA) is 67.9 Å². The van der Waals surface area contributed by atoms with E-state index in [9.17, 15) is 18.0 Å². The van der Waals surface area contributed by atoms with Gasteiger partial charge in [-0.15, -0.1) is 13.2 Å². The molecule has 8 heteroatoms. The molecule has 6 rings (SSSR count). The Hall–Kier alpha value is -2.25. The van der Waals surface area contributed by atoms with E-state index in [1.807, 2.05) is 0 Å². The van der Waals surface area contributed by atoms with Gasteiger partial charge in [0.1, 0.15) is 5.75 Å². The van der Waals surface area contributed by atoms with Gasteiger partial charge in [0, 0.05) is 12.5 Å². The molecule has 1 amide bonds. The molecule has 0 aromatic heterocycles. The Morgan fingerprint density at radius 1 is 1.07 bits per heavy atom. The molecule has 29 heavy (non-hydrogen) atoms. The van der Waals surface area contributed by atoms with Gasteiger partial charge in [-0.05, 0) is 74.0 Å². The second-order valence-electron chi connectivity index (χ2n) is 9.31. The van der Waals surface area contributed by atoms with Crippen molar-refractivity contribution in [2.45, 2.75) is 50.4 Å². The average Bonchev–Trinajstić information content (AvgIpc) is 2.85. The lowest BCUT2D eigenvalue weighted by Gasteiger charge is -2.61. The van der Waals surface area contributed by atoms with Crippen LogP contribution in [0.2, 0.25) is 0 Å². The van der Waals surface area contributed by atoms with E-state index in [0.717, 1.165) is 19.3 Å². The lowest BCUT2D eigenvalue weighted by Crippen LogP contribution is -2.59. The number of nitrogens with two attached hydrogens (primary N) is 1. The van der Waals surface area contributed by atoms with E-state index >= 15 is 0 Å². The largest absolute Gasteiger partial charge is 0.573 e. The minimum Gasteiger partial charge on any atom is -0.406 e. The summed E-state index contributed by atoms with van der Waals surface area (Å²) in [6.07, 6.45) is 1.60. The lowest BCUT2D eigenvalue weighted by molar-refractivity contribution is -0.274. The van der Waals surface area contributed by atoms with Crippen LogP contribution in [0.15, 0.2) is 29.3 Å². The monoisotopic (exact) mass is 407 g/mol. The van der Waals surface area contributed by atoms with Gasteiger partial charge in [0.05, 0.1) is 0 Å². The number of rotatable bonds is 3. The van der Waals surface area contributed by atoms with E-state index in [4.69, 9.17) is 10.7 Å². The highest BCUT2D eigenvalue weighted by Gasteiger charge is 2.67.